The fraction of sp³-hybridized carbons (Fsp3) is 0.480. The average molecular weight is 410 g/mol. The van der Waals surface area contributed by atoms with Crippen LogP contribution in [0.1, 0.15) is 42.7 Å². The maximum Gasteiger partial charge on any atom is 0.310 e. The third kappa shape index (κ3) is 4.62. The molecule has 0 radical (unpaired) electrons. The van der Waals surface area contributed by atoms with Gasteiger partial charge in [0.2, 0.25) is 0 Å². The van der Waals surface area contributed by atoms with E-state index in [1.807, 2.05) is 12.1 Å². The van der Waals surface area contributed by atoms with Gasteiger partial charge in [-0.3, -0.25) is 9.69 Å². The molecule has 30 heavy (non-hydrogen) atoms. The van der Waals surface area contributed by atoms with Crippen LogP contribution in [0.3, 0.4) is 0 Å². The third-order valence-electron chi connectivity index (χ3n) is 6.36. The monoisotopic (exact) mass is 409 g/mol. The first-order chi connectivity index (χ1) is 14.7. The molecule has 5 nitrogen and oxygen atoms in total. The highest BCUT2D eigenvalue weighted by atomic mass is 16.5. The largest absolute Gasteiger partial charge is 0.493 e. The number of carbonyl (C=O) groups excluding carboxylic acids is 1. The minimum absolute atomic E-state index is 0.0676. The standard InChI is InChI=1S/C25H31NO4/c1-28-23-13-12-19(14-24(23)30-20-10-6-7-11-20)21-16-26(17-22(21)25(27)29-2)15-18-8-4-3-5-9-18/h3-5,8-9,12-14,20-22H,6-7,10-11,15-17H2,1-2H3/t21?,22-/m1/s1. The summed E-state index contributed by atoms with van der Waals surface area (Å²) >= 11 is 0. The summed E-state index contributed by atoms with van der Waals surface area (Å²) in [4.78, 5) is 14.9. The van der Waals surface area contributed by atoms with Crippen molar-refractivity contribution in [3.05, 3.63) is 59.7 Å². The van der Waals surface area contributed by atoms with Crippen molar-refractivity contribution >= 4 is 5.97 Å². The van der Waals surface area contributed by atoms with E-state index in [-0.39, 0.29) is 23.9 Å². The summed E-state index contributed by atoms with van der Waals surface area (Å²) in [7, 11) is 3.15. The van der Waals surface area contributed by atoms with Crippen molar-refractivity contribution in [3.8, 4) is 11.5 Å². The van der Waals surface area contributed by atoms with E-state index in [4.69, 9.17) is 14.2 Å². The first kappa shape index (κ1) is 20.7. The smallest absolute Gasteiger partial charge is 0.310 e. The number of ether oxygens (including phenoxy) is 3. The van der Waals surface area contributed by atoms with Crippen LogP contribution in [-0.4, -0.2) is 44.3 Å². The summed E-state index contributed by atoms with van der Waals surface area (Å²) in [6.07, 6.45) is 4.87. The molecular weight excluding hydrogens is 378 g/mol. The Bertz CT molecular complexity index is 847. The molecule has 0 N–H and O–H groups in total. The third-order valence-corrected chi connectivity index (χ3v) is 6.36. The van der Waals surface area contributed by atoms with Gasteiger partial charge in [-0.1, -0.05) is 36.4 Å². The lowest BCUT2D eigenvalue weighted by molar-refractivity contribution is -0.145. The zero-order chi connectivity index (χ0) is 20.9. The van der Waals surface area contributed by atoms with Gasteiger partial charge in [0.25, 0.3) is 0 Å². The lowest BCUT2D eigenvalue weighted by atomic mass is 9.89. The molecule has 0 aromatic heterocycles. The summed E-state index contributed by atoms with van der Waals surface area (Å²) in [5.41, 5.74) is 2.36. The molecule has 160 valence electrons. The number of methoxy groups -OCH3 is 2. The minimum atomic E-state index is -0.188. The van der Waals surface area contributed by atoms with Crippen molar-refractivity contribution in [2.45, 2.75) is 44.2 Å². The van der Waals surface area contributed by atoms with Crippen LogP contribution in [0.25, 0.3) is 0 Å². The van der Waals surface area contributed by atoms with Gasteiger partial charge >= 0.3 is 5.97 Å². The van der Waals surface area contributed by atoms with Gasteiger partial charge in [-0.15, -0.1) is 0 Å². The minimum Gasteiger partial charge on any atom is -0.493 e. The number of hydrogen-bond donors (Lipinski definition) is 0. The molecule has 0 amide bonds. The van der Waals surface area contributed by atoms with Crippen molar-refractivity contribution in [3.63, 3.8) is 0 Å². The molecule has 2 aromatic carbocycles. The predicted molar refractivity (Wildman–Crippen MR) is 116 cm³/mol. The summed E-state index contributed by atoms with van der Waals surface area (Å²) in [6.45, 7) is 2.33. The lowest BCUT2D eigenvalue weighted by Crippen LogP contribution is -2.24. The van der Waals surface area contributed by atoms with Gasteiger partial charge in [0.15, 0.2) is 11.5 Å². The van der Waals surface area contributed by atoms with Gasteiger partial charge in [0, 0.05) is 25.6 Å². The van der Waals surface area contributed by atoms with E-state index in [9.17, 15) is 4.79 Å². The van der Waals surface area contributed by atoms with Crippen LogP contribution in [0.5, 0.6) is 11.5 Å². The first-order valence-electron chi connectivity index (χ1n) is 10.9. The number of rotatable bonds is 7. The molecule has 2 atom stereocenters. The quantitative estimate of drug-likeness (QED) is 0.634. The molecule has 0 spiro atoms. The maximum absolute atomic E-state index is 12.6. The second-order valence-electron chi connectivity index (χ2n) is 8.35. The number of esters is 1. The Balaban J connectivity index is 1.57. The molecule has 5 heteroatoms. The lowest BCUT2D eigenvalue weighted by Gasteiger charge is -2.21. The van der Waals surface area contributed by atoms with Crippen molar-refractivity contribution in [2.75, 3.05) is 27.3 Å². The second kappa shape index (κ2) is 9.52. The highest BCUT2D eigenvalue weighted by Gasteiger charge is 2.39. The normalized spacial score (nSPS) is 22.2. The van der Waals surface area contributed by atoms with Crippen LogP contribution >= 0.6 is 0 Å². The molecule has 1 saturated carbocycles. The van der Waals surface area contributed by atoms with Crippen LogP contribution in [0.2, 0.25) is 0 Å². The summed E-state index contributed by atoms with van der Waals surface area (Å²) < 4.78 is 17.0. The van der Waals surface area contributed by atoms with Crippen molar-refractivity contribution < 1.29 is 19.0 Å². The highest BCUT2D eigenvalue weighted by molar-refractivity contribution is 5.74. The topological polar surface area (TPSA) is 48.0 Å². The Kier molecular flexibility index (Phi) is 6.58. The molecule has 1 saturated heterocycles. The number of benzene rings is 2. The molecule has 0 bridgehead atoms. The molecule has 1 aliphatic heterocycles. The summed E-state index contributed by atoms with van der Waals surface area (Å²) in [6, 6.07) is 16.5. The van der Waals surface area contributed by atoms with Gasteiger partial charge in [0.1, 0.15) is 0 Å². The van der Waals surface area contributed by atoms with Crippen LogP contribution in [0, 0.1) is 5.92 Å². The van der Waals surface area contributed by atoms with Crippen LogP contribution < -0.4 is 9.47 Å². The summed E-state index contributed by atoms with van der Waals surface area (Å²) in [5.74, 6) is 1.26. The molecule has 1 unspecified atom stereocenters. The van der Waals surface area contributed by atoms with Crippen LogP contribution in [0.15, 0.2) is 48.5 Å². The fourth-order valence-electron chi connectivity index (χ4n) is 4.79. The zero-order valence-electron chi connectivity index (χ0n) is 17.9. The van der Waals surface area contributed by atoms with Crippen LogP contribution in [-0.2, 0) is 16.1 Å². The Morgan fingerprint density at radius 2 is 1.77 bits per heavy atom. The molecule has 4 rings (SSSR count). The van der Waals surface area contributed by atoms with E-state index < -0.39 is 0 Å². The van der Waals surface area contributed by atoms with E-state index in [0.717, 1.165) is 43.0 Å². The molecule has 1 aliphatic carbocycles. The average Bonchev–Trinajstić information content (AvgIpc) is 3.44. The molecule has 1 heterocycles. The number of nitrogens with zero attached hydrogens (tertiary/aromatic N) is 1. The summed E-state index contributed by atoms with van der Waals surface area (Å²) in [5, 5.41) is 0. The number of likely N-dealkylation sites (tertiary alicyclic amines) is 1. The number of hydrogen-bond acceptors (Lipinski definition) is 5. The predicted octanol–water partition coefficient (Wildman–Crippen LogP) is 4.41. The Hall–Kier alpha value is -2.53. The van der Waals surface area contributed by atoms with Gasteiger partial charge in [-0.05, 0) is 48.9 Å². The van der Waals surface area contributed by atoms with E-state index in [2.05, 4.69) is 41.3 Å². The van der Waals surface area contributed by atoms with E-state index >= 15 is 0 Å². The maximum atomic E-state index is 12.6. The molecule has 2 aromatic rings. The van der Waals surface area contributed by atoms with E-state index in [1.54, 1.807) is 7.11 Å². The van der Waals surface area contributed by atoms with Crippen molar-refractivity contribution in [1.82, 2.24) is 4.90 Å². The molecular formula is C25H31NO4. The SMILES string of the molecule is COC(=O)[C@@H]1CN(Cc2ccccc2)CC1c1ccc(OC)c(OC2CCCC2)c1. The first-order valence-corrected chi connectivity index (χ1v) is 10.9. The zero-order valence-corrected chi connectivity index (χ0v) is 17.9. The van der Waals surface area contributed by atoms with E-state index in [1.165, 1.54) is 25.5 Å². The van der Waals surface area contributed by atoms with Crippen molar-refractivity contribution in [1.29, 1.82) is 0 Å². The van der Waals surface area contributed by atoms with Crippen molar-refractivity contribution in [2.24, 2.45) is 5.92 Å². The Labute approximate surface area is 178 Å². The molecule has 2 fully saturated rings. The van der Waals surface area contributed by atoms with Gasteiger partial charge in [0.05, 0.1) is 26.2 Å². The van der Waals surface area contributed by atoms with Crippen LogP contribution in [0.4, 0.5) is 0 Å². The Morgan fingerprint density at radius 3 is 2.47 bits per heavy atom. The molecule has 2 aliphatic rings. The number of carbonyl (C=O) groups is 1. The van der Waals surface area contributed by atoms with Gasteiger partial charge in [-0.2, -0.15) is 0 Å². The fourth-order valence-corrected chi connectivity index (χ4v) is 4.79. The highest BCUT2D eigenvalue weighted by Crippen LogP contribution is 2.39. The Morgan fingerprint density at radius 1 is 1.00 bits per heavy atom. The van der Waals surface area contributed by atoms with E-state index in [0.29, 0.717) is 6.54 Å². The van der Waals surface area contributed by atoms with Gasteiger partial charge < -0.3 is 14.2 Å². The second-order valence-corrected chi connectivity index (χ2v) is 8.35. The van der Waals surface area contributed by atoms with Gasteiger partial charge in [-0.25, -0.2) is 0 Å².